The van der Waals surface area contributed by atoms with Crippen molar-refractivity contribution in [2.45, 2.75) is 23.6 Å². The van der Waals surface area contributed by atoms with E-state index in [0.29, 0.717) is 48.3 Å². The molecule has 0 fully saturated rings. The average molecular weight is 443 g/mol. The quantitative estimate of drug-likeness (QED) is 0.438. The Bertz CT molecular complexity index is 1070. The van der Waals surface area contributed by atoms with Gasteiger partial charge in [-0.15, -0.1) is 0 Å². The zero-order chi connectivity index (χ0) is 21.8. The Morgan fingerprint density at radius 2 is 1.97 bits per heavy atom. The van der Waals surface area contributed by atoms with Crippen molar-refractivity contribution in [2.75, 3.05) is 25.6 Å². The fraction of sp³-hybridized carbons (Fsp3) is 0.286. The number of carbonyl (C=O) groups is 1. The molecule has 31 heavy (non-hydrogen) atoms. The number of amides is 1. The van der Waals surface area contributed by atoms with E-state index in [-0.39, 0.29) is 10.9 Å². The molecule has 0 bridgehead atoms. The van der Waals surface area contributed by atoms with E-state index >= 15 is 0 Å². The molecule has 1 aliphatic heterocycles. The number of benzene rings is 2. The van der Waals surface area contributed by atoms with Gasteiger partial charge in [0, 0.05) is 23.9 Å². The number of nitrogens with zero attached hydrogens (tertiary/aromatic N) is 2. The molecule has 10 heteroatoms. The molecule has 0 aliphatic carbocycles. The maximum Gasteiger partial charge on any atom is 0.298 e. The third-order valence-corrected chi connectivity index (χ3v) is 6.01. The van der Waals surface area contributed by atoms with E-state index in [9.17, 15) is 9.90 Å². The van der Waals surface area contributed by atoms with Crippen LogP contribution in [-0.4, -0.2) is 36.8 Å². The van der Waals surface area contributed by atoms with Crippen molar-refractivity contribution in [3.63, 3.8) is 0 Å². The summed E-state index contributed by atoms with van der Waals surface area (Å²) in [6, 6.07) is 12.2. The number of anilines is 1. The van der Waals surface area contributed by atoms with Crippen LogP contribution in [-0.2, 0) is 4.79 Å². The first-order valence-corrected chi connectivity index (χ1v) is 10.6. The Hall–Kier alpha value is -3.40. The van der Waals surface area contributed by atoms with E-state index in [0.717, 1.165) is 11.8 Å². The molecule has 1 atom stereocenters. The van der Waals surface area contributed by atoms with Crippen LogP contribution in [0.25, 0.3) is 5.69 Å². The van der Waals surface area contributed by atoms with Gasteiger partial charge in [-0.25, -0.2) is 0 Å². The summed E-state index contributed by atoms with van der Waals surface area (Å²) in [5.74, 6) is 1.06. The van der Waals surface area contributed by atoms with Gasteiger partial charge in [-0.05, 0) is 47.1 Å². The molecule has 1 aromatic heterocycles. The summed E-state index contributed by atoms with van der Waals surface area (Å²) in [7, 11) is 1.57. The number of ether oxygens (including phenoxy) is 3. The molecule has 0 saturated heterocycles. The fourth-order valence-corrected chi connectivity index (χ4v) is 4.00. The first kappa shape index (κ1) is 20.9. The zero-order valence-electron chi connectivity index (χ0n) is 17.0. The highest BCUT2D eigenvalue weighted by Crippen LogP contribution is 2.34. The summed E-state index contributed by atoms with van der Waals surface area (Å²) >= 11 is 1.10. The van der Waals surface area contributed by atoms with Crippen molar-refractivity contribution in [3.05, 3.63) is 42.5 Å². The predicted molar refractivity (Wildman–Crippen MR) is 110 cm³/mol. The molecule has 1 amide bonds. The number of carbonyl (C=O) groups excluding carboxylic acids is 1. The number of aromatic nitrogens is 2. The van der Waals surface area contributed by atoms with Gasteiger partial charge in [0.25, 0.3) is 5.03 Å². The van der Waals surface area contributed by atoms with Gasteiger partial charge in [0.15, 0.2) is 17.4 Å². The molecule has 4 rings (SSSR count). The van der Waals surface area contributed by atoms with Crippen LogP contribution >= 0.6 is 11.8 Å². The van der Waals surface area contributed by atoms with Crippen LogP contribution in [0.15, 0.2) is 52.0 Å². The van der Waals surface area contributed by atoms with Gasteiger partial charge in [-0.2, -0.15) is 0 Å². The zero-order valence-corrected chi connectivity index (χ0v) is 17.8. The van der Waals surface area contributed by atoms with Crippen molar-refractivity contribution in [1.82, 2.24) is 5.27 Å². The number of thioether (sulfide) groups is 1. The first-order valence-electron chi connectivity index (χ1n) is 9.69. The van der Waals surface area contributed by atoms with Crippen molar-refractivity contribution >= 4 is 23.4 Å². The highest BCUT2D eigenvalue weighted by atomic mass is 32.2. The number of hydrogen-bond donors (Lipinski definition) is 1. The number of fused-ring (bicyclic) bond motifs is 1. The molecule has 9 nitrogen and oxygen atoms in total. The molecule has 1 aliphatic rings. The minimum atomic E-state index is -0.605. The van der Waals surface area contributed by atoms with Crippen LogP contribution in [0.3, 0.4) is 0 Å². The Balaban J connectivity index is 1.51. The van der Waals surface area contributed by atoms with Crippen LogP contribution in [0.2, 0.25) is 0 Å². The normalized spacial score (nSPS) is 13.5. The lowest BCUT2D eigenvalue weighted by Gasteiger charge is -2.19. The fourth-order valence-electron chi connectivity index (χ4n) is 3.03. The smallest absolute Gasteiger partial charge is 0.298 e. The van der Waals surface area contributed by atoms with E-state index in [2.05, 4.69) is 10.6 Å². The lowest BCUT2D eigenvalue weighted by Crippen LogP contribution is -2.36. The van der Waals surface area contributed by atoms with Gasteiger partial charge in [-0.1, -0.05) is 6.92 Å². The third-order valence-electron chi connectivity index (χ3n) is 4.62. The third kappa shape index (κ3) is 4.53. The number of nitrogens with one attached hydrogen (secondary N) is 1. The standard InChI is InChI=1S/C21H21N3O6S/c1-3-18(19(25)22-13-4-9-16-17(12-13)29-11-10-28-16)31-20-21(26)30-23-24(20)14-5-7-15(27-2)8-6-14/h4-9,12,18H,3,10-11H2,1-2H3,(H-,22,23,25,26). The second kappa shape index (κ2) is 9.17. The van der Waals surface area contributed by atoms with Crippen molar-refractivity contribution in [1.29, 1.82) is 0 Å². The van der Waals surface area contributed by atoms with Crippen LogP contribution in [0, 0.1) is 0 Å². The molecule has 1 N–H and O–H groups in total. The second-order valence-electron chi connectivity index (χ2n) is 6.64. The molecular weight excluding hydrogens is 422 g/mol. The molecule has 0 spiro atoms. The van der Waals surface area contributed by atoms with Crippen LogP contribution in [0.1, 0.15) is 13.3 Å². The van der Waals surface area contributed by atoms with E-state index in [1.165, 1.54) is 4.68 Å². The minimum absolute atomic E-state index is 0.217. The largest absolute Gasteiger partial charge is 0.538 e. The number of methoxy groups -OCH3 is 1. The molecular formula is C21H21N3O6S. The summed E-state index contributed by atoms with van der Waals surface area (Å²) in [5.41, 5.74) is 1.21. The molecule has 2 aromatic carbocycles. The Labute approximate surface area is 182 Å². The molecule has 0 radical (unpaired) electrons. The van der Waals surface area contributed by atoms with Crippen LogP contribution in [0.5, 0.6) is 23.2 Å². The molecule has 2 heterocycles. The average Bonchev–Trinajstić information content (AvgIpc) is 3.17. The molecule has 1 unspecified atom stereocenters. The predicted octanol–water partition coefficient (Wildman–Crippen LogP) is 2.31. The Morgan fingerprint density at radius 3 is 2.68 bits per heavy atom. The van der Waals surface area contributed by atoms with Crippen LogP contribution in [0.4, 0.5) is 5.69 Å². The van der Waals surface area contributed by atoms with Gasteiger partial charge in [0.2, 0.25) is 11.6 Å². The van der Waals surface area contributed by atoms with E-state index in [1.54, 1.807) is 49.6 Å². The van der Waals surface area contributed by atoms with Crippen molar-refractivity contribution in [2.24, 2.45) is 0 Å². The summed E-state index contributed by atoms with van der Waals surface area (Å²) in [6.45, 7) is 2.83. The highest BCUT2D eigenvalue weighted by molar-refractivity contribution is 8.00. The minimum Gasteiger partial charge on any atom is -0.538 e. The van der Waals surface area contributed by atoms with Crippen LogP contribution < -0.4 is 29.3 Å². The van der Waals surface area contributed by atoms with E-state index in [4.69, 9.17) is 18.7 Å². The SMILES string of the molecule is CCC(Sc1c([O-])on[n+]1-c1ccc(OC)cc1)C(=O)Nc1ccc2c(c1)OCCO2. The lowest BCUT2D eigenvalue weighted by atomic mass is 10.2. The summed E-state index contributed by atoms with van der Waals surface area (Å²) in [6.07, 6.45) is 0.494. The van der Waals surface area contributed by atoms with Gasteiger partial charge in [-0.3, -0.25) is 4.79 Å². The Morgan fingerprint density at radius 1 is 1.23 bits per heavy atom. The maximum atomic E-state index is 12.9. The van der Waals surface area contributed by atoms with Gasteiger partial charge < -0.3 is 29.2 Å². The van der Waals surface area contributed by atoms with Crippen molar-refractivity contribution in [3.8, 4) is 28.9 Å². The van der Waals surface area contributed by atoms with Gasteiger partial charge in [0.05, 0.1) is 17.6 Å². The number of rotatable bonds is 7. The van der Waals surface area contributed by atoms with E-state index < -0.39 is 11.2 Å². The summed E-state index contributed by atoms with van der Waals surface area (Å²) in [5, 5.41) is 18.7. The second-order valence-corrected chi connectivity index (χ2v) is 7.83. The summed E-state index contributed by atoms with van der Waals surface area (Å²) in [4.78, 5) is 12.9. The van der Waals surface area contributed by atoms with Gasteiger partial charge in [0.1, 0.15) is 19.0 Å². The monoisotopic (exact) mass is 443 g/mol. The highest BCUT2D eigenvalue weighted by Gasteiger charge is 2.28. The maximum absolute atomic E-state index is 12.9. The molecule has 3 aromatic rings. The van der Waals surface area contributed by atoms with Crippen molar-refractivity contribution < 1.29 is 33.3 Å². The van der Waals surface area contributed by atoms with E-state index in [1.807, 2.05) is 6.92 Å². The summed E-state index contributed by atoms with van der Waals surface area (Å²) < 4.78 is 22.5. The number of hydrogen-bond acceptors (Lipinski definition) is 8. The lowest BCUT2D eigenvalue weighted by molar-refractivity contribution is -0.705. The topological polar surface area (TPSA) is 110 Å². The molecule has 0 saturated carbocycles. The first-order chi connectivity index (χ1) is 15.1. The Kier molecular flexibility index (Phi) is 6.17. The molecule has 162 valence electrons. The van der Waals surface area contributed by atoms with Gasteiger partial charge >= 0.3 is 0 Å².